The van der Waals surface area contributed by atoms with Crippen LogP contribution in [0, 0.1) is 6.92 Å². The Morgan fingerprint density at radius 3 is 2.52 bits per heavy atom. The van der Waals surface area contributed by atoms with Crippen LogP contribution in [0.5, 0.6) is 0 Å². The Morgan fingerprint density at radius 2 is 1.83 bits per heavy atom. The molecule has 0 spiro atoms. The van der Waals surface area contributed by atoms with Crippen LogP contribution in [0.4, 0.5) is 28.8 Å². The van der Waals surface area contributed by atoms with E-state index in [9.17, 15) is 4.79 Å². The first-order chi connectivity index (χ1) is 14.0. The molecule has 1 heterocycles. The lowest BCUT2D eigenvalue weighted by Crippen LogP contribution is -2.21. The van der Waals surface area contributed by atoms with Crippen LogP contribution in [0.1, 0.15) is 36.7 Å². The Balaban J connectivity index is 1.76. The largest absolute Gasteiger partial charge is 0.372 e. The van der Waals surface area contributed by atoms with Gasteiger partial charge in [0.15, 0.2) is 5.78 Å². The number of hydrogen-bond acceptors (Lipinski definition) is 6. The predicted molar refractivity (Wildman–Crippen MR) is 120 cm³/mol. The van der Waals surface area contributed by atoms with E-state index < -0.39 is 0 Å². The molecule has 2 aromatic carbocycles. The minimum Gasteiger partial charge on any atom is -0.372 e. The van der Waals surface area contributed by atoms with Gasteiger partial charge < -0.3 is 15.5 Å². The highest BCUT2D eigenvalue weighted by atomic mass is 16.1. The molecule has 6 nitrogen and oxygen atoms in total. The summed E-state index contributed by atoms with van der Waals surface area (Å²) in [7, 11) is 0. The normalized spacial score (nSPS) is 10.5. The number of nitrogens with one attached hydrogen (secondary N) is 2. The monoisotopic (exact) mass is 389 g/mol. The van der Waals surface area contributed by atoms with E-state index >= 15 is 0 Å². The molecule has 0 saturated carbocycles. The van der Waals surface area contributed by atoms with Crippen LogP contribution in [-0.2, 0) is 0 Å². The van der Waals surface area contributed by atoms with Gasteiger partial charge in [-0.15, -0.1) is 0 Å². The summed E-state index contributed by atoms with van der Waals surface area (Å²) in [6.07, 6.45) is 1.70. The maximum atomic E-state index is 11.6. The summed E-state index contributed by atoms with van der Waals surface area (Å²) < 4.78 is 0. The van der Waals surface area contributed by atoms with Crippen LogP contribution < -0.4 is 15.5 Å². The number of hydrogen-bond donors (Lipinski definition) is 2. The standard InChI is InChI=1S/C23H27N5O/c1-5-28(6-2)20-10-11-21(16(3)14-20)26-22-12-13-24-23(27-22)25-19-9-7-8-18(15-19)17(4)29/h7-15H,5-6H2,1-4H3,(H2,24,25,26,27). The molecule has 6 heteroatoms. The highest BCUT2D eigenvalue weighted by molar-refractivity contribution is 5.95. The molecule has 2 N–H and O–H groups in total. The van der Waals surface area contributed by atoms with Crippen LogP contribution >= 0.6 is 0 Å². The van der Waals surface area contributed by atoms with Gasteiger partial charge in [0, 0.05) is 41.9 Å². The summed E-state index contributed by atoms with van der Waals surface area (Å²) in [5, 5.41) is 6.52. The zero-order valence-electron chi connectivity index (χ0n) is 17.4. The van der Waals surface area contributed by atoms with Gasteiger partial charge in [-0.3, -0.25) is 4.79 Å². The maximum absolute atomic E-state index is 11.6. The molecule has 0 aliphatic carbocycles. The molecule has 3 rings (SSSR count). The minimum absolute atomic E-state index is 0.0219. The molecule has 29 heavy (non-hydrogen) atoms. The van der Waals surface area contributed by atoms with Gasteiger partial charge in [0.05, 0.1) is 0 Å². The van der Waals surface area contributed by atoms with E-state index in [-0.39, 0.29) is 5.78 Å². The number of carbonyl (C=O) groups excluding carboxylic acids is 1. The van der Waals surface area contributed by atoms with Crippen molar-refractivity contribution in [3.05, 3.63) is 65.9 Å². The fraction of sp³-hybridized carbons (Fsp3) is 0.261. The molecule has 0 saturated heterocycles. The van der Waals surface area contributed by atoms with E-state index in [2.05, 4.69) is 64.5 Å². The lowest BCUT2D eigenvalue weighted by atomic mass is 10.1. The third-order valence-electron chi connectivity index (χ3n) is 4.78. The second kappa shape index (κ2) is 9.19. The Morgan fingerprint density at radius 1 is 1.03 bits per heavy atom. The van der Waals surface area contributed by atoms with Gasteiger partial charge in [0.25, 0.3) is 0 Å². The number of benzene rings is 2. The molecule has 150 valence electrons. The number of aromatic nitrogens is 2. The number of anilines is 5. The van der Waals surface area contributed by atoms with Crippen molar-refractivity contribution in [3.8, 4) is 0 Å². The summed E-state index contributed by atoms with van der Waals surface area (Å²) >= 11 is 0. The summed E-state index contributed by atoms with van der Waals surface area (Å²) in [5.41, 5.74) is 4.79. The van der Waals surface area contributed by atoms with E-state index in [4.69, 9.17) is 0 Å². The number of rotatable bonds is 8. The molecule has 0 fully saturated rings. The van der Waals surface area contributed by atoms with Crippen molar-refractivity contribution in [1.82, 2.24) is 9.97 Å². The molecule has 3 aromatic rings. The predicted octanol–water partition coefficient (Wildman–Crippen LogP) is 5.32. The van der Waals surface area contributed by atoms with E-state index in [0.717, 1.165) is 30.0 Å². The maximum Gasteiger partial charge on any atom is 0.229 e. The van der Waals surface area contributed by atoms with Crippen molar-refractivity contribution in [3.63, 3.8) is 0 Å². The quantitative estimate of drug-likeness (QED) is 0.508. The van der Waals surface area contributed by atoms with E-state index in [1.807, 2.05) is 18.2 Å². The first-order valence-corrected chi connectivity index (χ1v) is 9.83. The van der Waals surface area contributed by atoms with Crippen molar-refractivity contribution in [2.75, 3.05) is 28.6 Å². The average molecular weight is 390 g/mol. The van der Waals surface area contributed by atoms with Gasteiger partial charge in [-0.1, -0.05) is 12.1 Å². The average Bonchev–Trinajstić information content (AvgIpc) is 2.71. The molecule has 1 aromatic heterocycles. The van der Waals surface area contributed by atoms with Crippen molar-refractivity contribution >= 4 is 34.6 Å². The third kappa shape index (κ3) is 5.10. The summed E-state index contributed by atoms with van der Waals surface area (Å²) in [6.45, 7) is 9.92. The molecule has 0 radical (unpaired) electrons. The van der Waals surface area contributed by atoms with E-state index in [0.29, 0.717) is 17.3 Å². The Kier molecular flexibility index (Phi) is 6.44. The van der Waals surface area contributed by atoms with Crippen LogP contribution in [0.3, 0.4) is 0 Å². The van der Waals surface area contributed by atoms with Gasteiger partial charge in [-0.05, 0) is 69.7 Å². The fourth-order valence-electron chi connectivity index (χ4n) is 3.15. The van der Waals surface area contributed by atoms with E-state index in [1.165, 1.54) is 5.69 Å². The van der Waals surface area contributed by atoms with Gasteiger partial charge >= 0.3 is 0 Å². The van der Waals surface area contributed by atoms with Crippen LogP contribution in [0.2, 0.25) is 0 Å². The number of nitrogens with zero attached hydrogens (tertiary/aromatic N) is 3. The fourth-order valence-corrected chi connectivity index (χ4v) is 3.15. The molecular weight excluding hydrogens is 362 g/mol. The Labute approximate surface area is 172 Å². The number of aryl methyl sites for hydroxylation is 1. The molecule has 0 bridgehead atoms. The third-order valence-corrected chi connectivity index (χ3v) is 4.78. The topological polar surface area (TPSA) is 70.2 Å². The SMILES string of the molecule is CCN(CC)c1ccc(Nc2ccnc(Nc3cccc(C(C)=O)c3)n2)c(C)c1. The minimum atomic E-state index is 0.0219. The van der Waals surface area contributed by atoms with Crippen LogP contribution in [-0.4, -0.2) is 28.8 Å². The molecule has 0 unspecified atom stereocenters. The molecule has 0 atom stereocenters. The van der Waals surface area contributed by atoms with Crippen molar-refractivity contribution in [1.29, 1.82) is 0 Å². The van der Waals surface area contributed by atoms with Gasteiger partial charge in [-0.2, -0.15) is 4.98 Å². The first kappa shape index (κ1) is 20.3. The Hall–Kier alpha value is -3.41. The molecule has 0 amide bonds. The number of Topliss-reactive ketones (excluding diaryl/α,β-unsaturated/α-hetero) is 1. The van der Waals surface area contributed by atoms with E-state index in [1.54, 1.807) is 25.3 Å². The lowest BCUT2D eigenvalue weighted by molar-refractivity contribution is 0.101. The number of carbonyl (C=O) groups is 1. The smallest absolute Gasteiger partial charge is 0.229 e. The highest BCUT2D eigenvalue weighted by Gasteiger charge is 2.07. The first-order valence-electron chi connectivity index (χ1n) is 9.83. The zero-order chi connectivity index (χ0) is 20.8. The summed E-state index contributed by atoms with van der Waals surface area (Å²) in [4.78, 5) is 22.7. The van der Waals surface area contributed by atoms with Crippen molar-refractivity contribution in [2.24, 2.45) is 0 Å². The highest BCUT2D eigenvalue weighted by Crippen LogP contribution is 2.25. The van der Waals surface area contributed by atoms with Crippen LogP contribution in [0.25, 0.3) is 0 Å². The molecule has 0 aliphatic rings. The summed E-state index contributed by atoms with van der Waals surface area (Å²) in [6, 6.07) is 15.5. The Bertz CT molecular complexity index is 998. The van der Waals surface area contributed by atoms with Crippen molar-refractivity contribution in [2.45, 2.75) is 27.7 Å². The molecular formula is C23H27N5O. The second-order valence-corrected chi connectivity index (χ2v) is 6.82. The van der Waals surface area contributed by atoms with Gasteiger partial charge in [0.2, 0.25) is 5.95 Å². The van der Waals surface area contributed by atoms with Crippen molar-refractivity contribution < 1.29 is 4.79 Å². The van der Waals surface area contributed by atoms with Gasteiger partial charge in [0.1, 0.15) is 5.82 Å². The van der Waals surface area contributed by atoms with Crippen LogP contribution in [0.15, 0.2) is 54.7 Å². The second-order valence-electron chi connectivity index (χ2n) is 6.82. The zero-order valence-corrected chi connectivity index (χ0v) is 17.4. The lowest BCUT2D eigenvalue weighted by Gasteiger charge is -2.22. The number of ketones is 1. The van der Waals surface area contributed by atoms with Gasteiger partial charge in [-0.25, -0.2) is 4.98 Å². The molecule has 0 aliphatic heterocycles. The summed E-state index contributed by atoms with van der Waals surface area (Å²) in [5.74, 6) is 1.19.